The van der Waals surface area contributed by atoms with Crippen molar-refractivity contribution in [1.82, 2.24) is 10.2 Å². The lowest BCUT2D eigenvalue weighted by atomic mass is 9.95. The van der Waals surface area contributed by atoms with Crippen LogP contribution in [0.3, 0.4) is 0 Å². The zero-order valence-electron chi connectivity index (χ0n) is 23.6. The summed E-state index contributed by atoms with van der Waals surface area (Å²) in [6.45, 7) is 1.03. The van der Waals surface area contributed by atoms with Crippen molar-refractivity contribution in [1.29, 1.82) is 0 Å². The van der Waals surface area contributed by atoms with Crippen molar-refractivity contribution in [2.75, 3.05) is 18.0 Å². The van der Waals surface area contributed by atoms with E-state index in [4.69, 9.17) is 27.9 Å². The molecular weight excluding hydrogens is 597 g/mol. The van der Waals surface area contributed by atoms with Crippen molar-refractivity contribution < 1.29 is 22.7 Å². The largest absolute Gasteiger partial charge is 0.495 e. The first kappa shape index (κ1) is 31.7. The second kappa shape index (κ2) is 14.3. The first-order chi connectivity index (χ1) is 20.1. The Morgan fingerprint density at radius 2 is 1.64 bits per heavy atom. The van der Waals surface area contributed by atoms with Gasteiger partial charge in [-0.05, 0) is 61.7 Å². The van der Waals surface area contributed by atoms with Crippen molar-refractivity contribution in [2.24, 2.45) is 0 Å². The van der Waals surface area contributed by atoms with Crippen molar-refractivity contribution in [2.45, 2.75) is 62.6 Å². The number of methoxy groups -OCH3 is 1. The van der Waals surface area contributed by atoms with E-state index in [0.29, 0.717) is 15.6 Å². The summed E-state index contributed by atoms with van der Waals surface area (Å²) in [6.07, 6.45) is 4.97. The summed E-state index contributed by atoms with van der Waals surface area (Å²) in [5.74, 6) is -0.618. The van der Waals surface area contributed by atoms with E-state index < -0.39 is 28.5 Å². The monoisotopic (exact) mass is 631 g/mol. The standard InChI is InChI=1S/C31H35Cl2N3O5S/c1-22(31(38)34-25-11-5-3-6-12-25)35(20-23-17-18-24(32)19-27(23)33)30(37)21-36(28-15-9-10-16-29(28)41-2)42(39,40)26-13-7-4-8-14-26/h4,7-10,13-19,22,25H,3,5-6,11-12,20-21H2,1-2H3,(H,34,38). The minimum atomic E-state index is -4.21. The number of hydrogen-bond acceptors (Lipinski definition) is 5. The van der Waals surface area contributed by atoms with E-state index >= 15 is 0 Å². The average Bonchev–Trinajstić information content (AvgIpc) is 3.00. The quantitative estimate of drug-likeness (QED) is 0.277. The number of carbonyl (C=O) groups excluding carboxylic acids is 2. The molecule has 0 heterocycles. The summed E-state index contributed by atoms with van der Waals surface area (Å²) in [5, 5.41) is 3.85. The number of ether oxygens (including phenoxy) is 1. The molecule has 0 bridgehead atoms. The number of hydrogen-bond donors (Lipinski definition) is 1. The van der Waals surface area contributed by atoms with Crippen molar-refractivity contribution >= 4 is 50.7 Å². The summed E-state index contributed by atoms with van der Waals surface area (Å²) in [7, 11) is -2.78. The fraction of sp³-hybridized carbons (Fsp3) is 0.355. The zero-order valence-corrected chi connectivity index (χ0v) is 26.0. The van der Waals surface area contributed by atoms with Gasteiger partial charge in [0.2, 0.25) is 11.8 Å². The average molecular weight is 633 g/mol. The molecule has 1 N–H and O–H groups in total. The van der Waals surface area contributed by atoms with Gasteiger partial charge in [-0.3, -0.25) is 13.9 Å². The van der Waals surface area contributed by atoms with Gasteiger partial charge in [0, 0.05) is 22.6 Å². The van der Waals surface area contributed by atoms with Crippen LogP contribution in [0, 0.1) is 0 Å². The van der Waals surface area contributed by atoms with Gasteiger partial charge in [0.15, 0.2) is 0 Å². The number of rotatable bonds is 11. The molecule has 0 aliphatic heterocycles. The van der Waals surface area contributed by atoms with Crippen LogP contribution in [0.15, 0.2) is 77.7 Å². The third kappa shape index (κ3) is 7.56. The van der Waals surface area contributed by atoms with Gasteiger partial charge in [-0.25, -0.2) is 8.42 Å². The molecule has 4 rings (SSSR count). The first-order valence-corrected chi connectivity index (χ1v) is 16.1. The molecule has 1 fully saturated rings. The minimum Gasteiger partial charge on any atom is -0.495 e. The molecule has 0 aromatic heterocycles. The molecule has 0 radical (unpaired) electrons. The molecule has 11 heteroatoms. The van der Waals surface area contributed by atoms with E-state index in [1.54, 1.807) is 67.6 Å². The summed E-state index contributed by atoms with van der Waals surface area (Å²) in [4.78, 5) is 29.0. The van der Waals surface area contributed by atoms with Crippen LogP contribution in [-0.4, -0.2) is 50.9 Å². The lowest BCUT2D eigenvalue weighted by Crippen LogP contribution is -2.53. The van der Waals surface area contributed by atoms with Gasteiger partial charge < -0.3 is 15.0 Å². The molecule has 1 aliphatic carbocycles. The molecule has 0 spiro atoms. The molecule has 42 heavy (non-hydrogen) atoms. The van der Waals surface area contributed by atoms with Crippen LogP contribution in [0.5, 0.6) is 5.75 Å². The van der Waals surface area contributed by atoms with Crippen molar-refractivity contribution in [3.05, 3.63) is 88.4 Å². The lowest BCUT2D eigenvalue weighted by Gasteiger charge is -2.33. The number of sulfonamides is 1. The van der Waals surface area contributed by atoms with Gasteiger partial charge in [0.05, 0.1) is 17.7 Å². The molecule has 1 atom stereocenters. The number of para-hydroxylation sites is 2. The van der Waals surface area contributed by atoms with E-state index in [1.165, 1.54) is 24.1 Å². The van der Waals surface area contributed by atoms with Gasteiger partial charge in [-0.2, -0.15) is 0 Å². The first-order valence-electron chi connectivity index (χ1n) is 13.9. The molecular formula is C31H35Cl2N3O5S. The Hall–Kier alpha value is -3.27. The SMILES string of the molecule is COc1ccccc1N(CC(=O)N(Cc1ccc(Cl)cc1Cl)C(C)C(=O)NC1CCCCC1)S(=O)(=O)c1ccccc1. The summed E-state index contributed by atoms with van der Waals surface area (Å²) < 4.78 is 34.4. The number of halogens is 2. The van der Waals surface area contributed by atoms with Crippen LogP contribution in [0.4, 0.5) is 5.69 Å². The number of benzene rings is 3. The second-order valence-corrected chi connectivity index (χ2v) is 13.0. The highest BCUT2D eigenvalue weighted by Gasteiger charge is 2.34. The van der Waals surface area contributed by atoms with E-state index in [1.807, 2.05) is 0 Å². The van der Waals surface area contributed by atoms with Gasteiger partial charge in [-0.15, -0.1) is 0 Å². The Labute approximate surface area is 257 Å². The molecule has 224 valence electrons. The van der Waals surface area contributed by atoms with Gasteiger partial charge in [0.25, 0.3) is 10.0 Å². The maximum atomic E-state index is 14.2. The van der Waals surface area contributed by atoms with Crippen LogP contribution >= 0.6 is 23.2 Å². The Kier molecular flexibility index (Phi) is 10.8. The third-order valence-corrected chi connectivity index (χ3v) is 9.80. The Morgan fingerprint density at radius 3 is 2.31 bits per heavy atom. The maximum absolute atomic E-state index is 14.2. The molecule has 3 aromatic carbocycles. The zero-order chi connectivity index (χ0) is 30.3. The predicted molar refractivity (Wildman–Crippen MR) is 165 cm³/mol. The topological polar surface area (TPSA) is 96.0 Å². The highest BCUT2D eigenvalue weighted by atomic mass is 35.5. The van der Waals surface area contributed by atoms with E-state index in [9.17, 15) is 18.0 Å². The number of nitrogens with zero attached hydrogens (tertiary/aromatic N) is 2. The highest BCUT2D eigenvalue weighted by molar-refractivity contribution is 7.92. The van der Waals surface area contributed by atoms with Crippen LogP contribution in [0.2, 0.25) is 10.0 Å². The molecule has 8 nitrogen and oxygen atoms in total. The summed E-state index contributed by atoms with van der Waals surface area (Å²) in [6, 6.07) is 18.5. The number of nitrogens with one attached hydrogen (secondary N) is 1. The number of carbonyl (C=O) groups is 2. The molecule has 1 unspecified atom stereocenters. The fourth-order valence-corrected chi connectivity index (χ4v) is 6.97. The third-order valence-electron chi connectivity index (χ3n) is 7.44. The smallest absolute Gasteiger partial charge is 0.264 e. The van der Waals surface area contributed by atoms with Gasteiger partial charge in [-0.1, -0.05) is 78.9 Å². The van der Waals surface area contributed by atoms with Crippen molar-refractivity contribution in [3.63, 3.8) is 0 Å². The maximum Gasteiger partial charge on any atom is 0.264 e. The Morgan fingerprint density at radius 1 is 0.976 bits per heavy atom. The van der Waals surface area contributed by atoms with E-state index in [2.05, 4.69) is 5.32 Å². The van der Waals surface area contributed by atoms with E-state index in [0.717, 1.165) is 36.4 Å². The lowest BCUT2D eigenvalue weighted by molar-refractivity contribution is -0.139. The van der Waals surface area contributed by atoms with Gasteiger partial charge in [0.1, 0.15) is 18.3 Å². The van der Waals surface area contributed by atoms with Crippen LogP contribution < -0.4 is 14.4 Å². The highest BCUT2D eigenvalue weighted by Crippen LogP contribution is 2.33. The summed E-state index contributed by atoms with van der Waals surface area (Å²) in [5.41, 5.74) is 0.766. The molecule has 2 amide bonds. The van der Waals surface area contributed by atoms with Crippen molar-refractivity contribution in [3.8, 4) is 5.75 Å². The predicted octanol–water partition coefficient (Wildman–Crippen LogP) is 6.06. The van der Waals surface area contributed by atoms with Crippen LogP contribution in [-0.2, 0) is 26.2 Å². The Balaban J connectivity index is 1.71. The molecule has 1 aliphatic rings. The minimum absolute atomic E-state index is 0.0130. The van der Waals surface area contributed by atoms with Crippen LogP contribution in [0.25, 0.3) is 0 Å². The number of anilines is 1. The Bertz CT molecular complexity index is 1500. The molecule has 0 saturated heterocycles. The second-order valence-electron chi connectivity index (χ2n) is 10.3. The molecule has 1 saturated carbocycles. The normalized spacial score (nSPS) is 14.6. The number of amides is 2. The molecule has 3 aromatic rings. The summed E-state index contributed by atoms with van der Waals surface area (Å²) >= 11 is 12.6. The van der Waals surface area contributed by atoms with E-state index in [-0.39, 0.29) is 34.8 Å². The fourth-order valence-electron chi connectivity index (χ4n) is 5.05. The van der Waals surface area contributed by atoms with Crippen LogP contribution in [0.1, 0.15) is 44.6 Å². The van der Waals surface area contributed by atoms with Gasteiger partial charge >= 0.3 is 0 Å².